The smallest absolute Gasteiger partial charge is 0.338 e. The Morgan fingerprint density at radius 2 is 1.67 bits per heavy atom. The Hall–Kier alpha value is -3.48. The zero-order valence-corrected chi connectivity index (χ0v) is 17.6. The van der Waals surface area contributed by atoms with Crippen LogP contribution in [0, 0.1) is 13.8 Å². The number of carbonyl (C=O) groups is 2. The normalized spacial score (nSPS) is 11.7. The summed E-state index contributed by atoms with van der Waals surface area (Å²) in [6.45, 7) is 5.75. The number of rotatable bonds is 7. The quantitative estimate of drug-likeness (QED) is 0.605. The predicted octanol–water partition coefficient (Wildman–Crippen LogP) is 3.16. The molecule has 2 aromatic carbocycles. The van der Waals surface area contributed by atoms with E-state index < -0.39 is 12.1 Å². The lowest BCUT2D eigenvalue weighted by atomic mass is 10.1. The zero-order valence-electron chi connectivity index (χ0n) is 17.6. The molecule has 0 aliphatic carbocycles. The van der Waals surface area contributed by atoms with Crippen LogP contribution >= 0.6 is 0 Å². The largest absolute Gasteiger partial charge is 0.497 e. The van der Waals surface area contributed by atoms with Gasteiger partial charge in [-0.3, -0.25) is 4.79 Å². The lowest BCUT2D eigenvalue weighted by Crippen LogP contribution is -2.36. The van der Waals surface area contributed by atoms with Gasteiger partial charge in [-0.1, -0.05) is 12.1 Å². The summed E-state index contributed by atoms with van der Waals surface area (Å²) in [6.07, 6.45) is -0.242. The van der Waals surface area contributed by atoms with Crippen molar-refractivity contribution in [3.8, 4) is 5.75 Å². The van der Waals surface area contributed by atoms with Crippen molar-refractivity contribution in [2.45, 2.75) is 33.3 Å². The molecular formula is C23H25N3O4. The van der Waals surface area contributed by atoms with Gasteiger partial charge in [0.25, 0.3) is 5.91 Å². The number of methoxy groups -OCH3 is 1. The van der Waals surface area contributed by atoms with Crippen LogP contribution in [-0.2, 0) is 16.0 Å². The van der Waals surface area contributed by atoms with Crippen molar-refractivity contribution in [2.24, 2.45) is 0 Å². The van der Waals surface area contributed by atoms with E-state index in [1.807, 2.05) is 38.1 Å². The number of hydrogen-bond acceptors (Lipinski definition) is 6. The van der Waals surface area contributed by atoms with Crippen molar-refractivity contribution >= 4 is 22.9 Å². The Morgan fingerprint density at radius 1 is 1.00 bits per heavy atom. The third kappa shape index (κ3) is 5.11. The summed E-state index contributed by atoms with van der Waals surface area (Å²) in [6, 6.07) is 12.6. The number of aromatic nitrogens is 2. The van der Waals surface area contributed by atoms with Gasteiger partial charge in [-0.2, -0.15) is 0 Å². The fourth-order valence-electron chi connectivity index (χ4n) is 2.91. The summed E-state index contributed by atoms with van der Waals surface area (Å²) >= 11 is 0. The van der Waals surface area contributed by atoms with Gasteiger partial charge >= 0.3 is 5.97 Å². The highest BCUT2D eigenvalue weighted by Gasteiger charge is 2.19. The SMILES string of the molecule is COc1ccc(CCNC(=O)[C@@H](C)OC(=O)c2ccc3nc(C)c(C)nc3c2)cc1. The van der Waals surface area contributed by atoms with Crippen LogP contribution in [0.1, 0.15) is 34.2 Å². The maximum absolute atomic E-state index is 12.4. The summed E-state index contributed by atoms with van der Waals surface area (Å²) in [5.41, 5.74) is 4.37. The molecule has 0 aliphatic rings. The van der Waals surface area contributed by atoms with Gasteiger partial charge in [-0.05, 0) is 63.1 Å². The number of benzene rings is 2. The molecule has 0 bridgehead atoms. The Labute approximate surface area is 175 Å². The van der Waals surface area contributed by atoms with E-state index in [2.05, 4.69) is 15.3 Å². The van der Waals surface area contributed by atoms with Crippen molar-refractivity contribution in [3.05, 3.63) is 65.0 Å². The number of fused-ring (bicyclic) bond motifs is 1. The Kier molecular flexibility index (Phi) is 6.61. The fourth-order valence-corrected chi connectivity index (χ4v) is 2.91. The minimum absolute atomic E-state index is 0.331. The van der Waals surface area contributed by atoms with Crippen molar-refractivity contribution in [1.29, 1.82) is 0 Å². The second kappa shape index (κ2) is 9.35. The number of hydrogen-bond donors (Lipinski definition) is 1. The van der Waals surface area contributed by atoms with E-state index in [0.717, 1.165) is 22.7 Å². The maximum Gasteiger partial charge on any atom is 0.338 e. The molecule has 7 heteroatoms. The summed E-state index contributed by atoms with van der Waals surface area (Å²) in [7, 11) is 1.62. The molecule has 7 nitrogen and oxygen atoms in total. The van der Waals surface area contributed by atoms with Crippen LogP contribution in [0.3, 0.4) is 0 Å². The lowest BCUT2D eigenvalue weighted by Gasteiger charge is -2.14. The second-order valence-electron chi connectivity index (χ2n) is 7.03. The van der Waals surface area contributed by atoms with Crippen LogP contribution in [0.4, 0.5) is 0 Å². The molecule has 1 amide bonds. The highest BCUT2D eigenvalue weighted by Crippen LogP contribution is 2.16. The summed E-state index contributed by atoms with van der Waals surface area (Å²) < 4.78 is 10.4. The zero-order chi connectivity index (χ0) is 21.7. The average Bonchev–Trinajstić information content (AvgIpc) is 2.74. The monoisotopic (exact) mass is 407 g/mol. The molecule has 0 aliphatic heterocycles. The van der Waals surface area contributed by atoms with Crippen molar-refractivity contribution in [3.63, 3.8) is 0 Å². The van der Waals surface area contributed by atoms with E-state index in [9.17, 15) is 9.59 Å². The van der Waals surface area contributed by atoms with Crippen LogP contribution in [-0.4, -0.2) is 41.6 Å². The van der Waals surface area contributed by atoms with Gasteiger partial charge in [-0.25, -0.2) is 14.8 Å². The first-order chi connectivity index (χ1) is 14.4. The molecule has 0 radical (unpaired) electrons. The highest BCUT2D eigenvalue weighted by atomic mass is 16.5. The molecule has 0 saturated carbocycles. The van der Waals surface area contributed by atoms with Gasteiger partial charge in [0.05, 0.1) is 35.1 Å². The van der Waals surface area contributed by atoms with Crippen molar-refractivity contribution in [2.75, 3.05) is 13.7 Å². The number of carbonyl (C=O) groups excluding carboxylic acids is 2. The number of nitrogens with one attached hydrogen (secondary N) is 1. The Morgan fingerprint density at radius 3 is 2.33 bits per heavy atom. The number of aryl methyl sites for hydroxylation is 2. The Balaban J connectivity index is 1.54. The van der Waals surface area contributed by atoms with Gasteiger partial charge in [0.15, 0.2) is 6.10 Å². The minimum atomic E-state index is -0.907. The maximum atomic E-state index is 12.4. The molecule has 3 rings (SSSR count). The number of esters is 1. The molecule has 1 atom stereocenters. The van der Waals surface area contributed by atoms with Crippen LogP contribution < -0.4 is 10.1 Å². The third-order valence-electron chi connectivity index (χ3n) is 4.84. The van der Waals surface area contributed by atoms with Crippen molar-refractivity contribution < 1.29 is 19.1 Å². The first-order valence-corrected chi connectivity index (χ1v) is 9.74. The first kappa shape index (κ1) is 21.2. The molecule has 0 unspecified atom stereocenters. The number of amides is 1. The number of ether oxygens (including phenoxy) is 2. The molecule has 1 N–H and O–H groups in total. The second-order valence-corrected chi connectivity index (χ2v) is 7.03. The third-order valence-corrected chi connectivity index (χ3v) is 4.84. The van der Waals surface area contributed by atoms with Gasteiger partial charge in [0, 0.05) is 6.54 Å². The average molecular weight is 407 g/mol. The van der Waals surface area contributed by atoms with Crippen LogP contribution in [0.15, 0.2) is 42.5 Å². The molecule has 3 aromatic rings. The molecule has 0 saturated heterocycles. The van der Waals surface area contributed by atoms with E-state index in [0.29, 0.717) is 29.6 Å². The number of nitrogens with zero attached hydrogens (tertiary/aromatic N) is 2. The molecule has 0 fully saturated rings. The topological polar surface area (TPSA) is 90.4 Å². The lowest BCUT2D eigenvalue weighted by molar-refractivity contribution is -0.129. The van der Waals surface area contributed by atoms with Crippen molar-refractivity contribution in [1.82, 2.24) is 15.3 Å². The van der Waals surface area contributed by atoms with E-state index >= 15 is 0 Å². The molecule has 30 heavy (non-hydrogen) atoms. The molecular weight excluding hydrogens is 382 g/mol. The molecule has 156 valence electrons. The Bertz CT molecular complexity index is 1060. The summed E-state index contributed by atoms with van der Waals surface area (Å²) in [5, 5.41) is 2.79. The summed E-state index contributed by atoms with van der Waals surface area (Å²) in [5.74, 6) is -0.132. The highest BCUT2D eigenvalue weighted by molar-refractivity contribution is 5.95. The van der Waals surface area contributed by atoms with E-state index in [1.54, 1.807) is 32.2 Å². The molecule has 1 aromatic heterocycles. The van der Waals surface area contributed by atoms with E-state index in [1.165, 1.54) is 0 Å². The first-order valence-electron chi connectivity index (χ1n) is 9.74. The van der Waals surface area contributed by atoms with E-state index in [-0.39, 0.29) is 5.91 Å². The van der Waals surface area contributed by atoms with Crippen LogP contribution in [0.2, 0.25) is 0 Å². The van der Waals surface area contributed by atoms with Crippen LogP contribution in [0.25, 0.3) is 11.0 Å². The van der Waals surface area contributed by atoms with Gasteiger partial charge in [0.1, 0.15) is 5.75 Å². The minimum Gasteiger partial charge on any atom is -0.497 e. The van der Waals surface area contributed by atoms with Crippen LogP contribution in [0.5, 0.6) is 5.75 Å². The standard InChI is InChI=1S/C23H25N3O4/c1-14-15(2)26-21-13-18(7-10-20(21)25-14)23(28)30-16(3)22(27)24-12-11-17-5-8-19(29-4)9-6-17/h5-10,13,16H,11-12H2,1-4H3,(H,24,27)/t16-/m1/s1. The van der Waals surface area contributed by atoms with E-state index in [4.69, 9.17) is 9.47 Å². The molecule has 0 spiro atoms. The summed E-state index contributed by atoms with van der Waals surface area (Å²) in [4.78, 5) is 33.6. The van der Waals surface area contributed by atoms with Gasteiger partial charge < -0.3 is 14.8 Å². The molecule has 1 heterocycles. The van der Waals surface area contributed by atoms with Gasteiger partial charge in [0.2, 0.25) is 0 Å². The fraction of sp³-hybridized carbons (Fsp3) is 0.304. The predicted molar refractivity (Wildman–Crippen MR) is 114 cm³/mol. The van der Waals surface area contributed by atoms with Gasteiger partial charge in [-0.15, -0.1) is 0 Å².